The van der Waals surface area contributed by atoms with Gasteiger partial charge in [0.1, 0.15) is 11.4 Å². The lowest BCUT2D eigenvalue weighted by Gasteiger charge is -2.04. The molecule has 10 nitrogen and oxygen atoms in total. The number of nitro benzene ring substituents is 1. The Bertz CT molecular complexity index is 683. The molecule has 0 bridgehead atoms. The van der Waals surface area contributed by atoms with Crippen LogP contribution >= 0.6 is 0 Å². The maximum atomic E-state index is 11.9. The fraction of sp³-hybridized carbons (Fsp3) is 0.182. The van der Waals surface area contributed by atoms with Gasteiger partial charge in [0.2, 0.25) is 0 Å². The number of aromatic nitrogens is 3. The molecule has 110 valence electrons. The first-order valence-electron chi connectivity index (χ1n) is 5.90. The lowest BCUT2D eigenvalue weighted by Crippen LogP contribution is -2.14. The summed E-state index contributed by atoms with van der Waals surface area (Å²) in [6.45, 7) is 0.744. The van der Waals surface area contributed by atoms with Gasteiger partial charge in [-0.3, -0.25) is 19.6 Å². The molecule has 1 aromatic heterocycles. The lowest BCUT2D eigenvalue weighted by atomic mass is 10.2. The Morgan fingerprint density at radius 1 is 1.52 bits per heavy atom. The van der Waals surface area contributed by atoms with E-state index in [1.807, 2.05) is 0 Å². The maximum absolute atomic E-state index is 11.9. The third kappa shape index (κ3) is 3.30. The number of hydrogen-bond acceptors (Lipinski definition) is 7. The Kier molecular flexibility index (Phi) is 4.09. The topological polar surface area (TPSA) is 149 Å². The van der Waals surface area contributed by atoms with Crippen LogP contribution in [0, 0.1) is 10.1 Å². The molecule has 0 aliphatic carbocycles. The van der Waals surface area contributed by atoms with E-state index in [2.05, 4.69) is 15.6 Å². The third-order valence-corrected chi connectivity index (χ3v) is 2.56. The molecule has 0 atom stereocenters. The number of benzene rings is 1. The molecule has 1 aromatic carbocycles. The summed E-state index contributed by atoms with van der Waals surface area (Å²) in [5.74, 6) is -0.916. The van der Waals surface area contributed by atoms with Crippen LogP contribution < -0.4 is 11.1 Å². The highest BCUT2D eigenvalue weighted by Crippen LogP contribution is 2.28. The molecular weight excluding hydrogens is 280 g/mol. The molecule has 0 saturated heterocycles. The molecule has 0 radical (unpaired) electrons. The highest BCUT2D eigenvalue weighted by atomic mass is 16.6. The predicted molar refractivity (Wildman–Crippen MR) is 71.8 cm³/mol. The zero-order valence-electron chi connectivity index (χ0n) is 10.8. The summed E-state index contributed by atoms with van der Waals surface area (Å²) >= 11 is 0. The minimum atomic E-state index is -0.708. The number of phenolic OH excluding ortho intramolecular Hbond substituents is 1. The van der Waals surface area contributed by atoms with Crippen molar-refractivity contribution >= 4 is 17.3 Å². The number of aromatic hydroxyl groups is 1. The van der Waals surface area contributed by atoms with Crippen LogP contribution in [0.3, 0.4) is 0 Å². The van der Waals surface area contributed by atoms with Crippen molar-refractivity contribution in [2.24, 2.45) is 5.73 Å². The summed E-state index contributed by atoms with van der Waals surface area (Å²) < 4.78 is 1.39. The number of nitrogens with two attached hydrogens (primary N) is 1. The molecule has 2 aromatic rings. The zero-order chi connectivity index (χ0) is 15.4. The van der Waals surface area contributed by atoms with E-state index in [9.17, 15) is 20.0 Å². The number of nitrogens with one attached hydrogen (secondary N) is 1. The van der Waals surface area contributed by atoms with Crippen LogP contribution in [-0.2, 0) is 6.54 Å². The van der Waals surface area contributed by atoms with Crippen molar-refractivity contribution in [3.63, 3.8) is 0 Å². The predicted octanol–water partition coefficient (Wildman–Crippen LogP) is 0.103. The monoisotopic (exact) mass is 292 g/mol. The van der Waals surface area contributed by atoms with Gasteiger partial charge in [-0.05, 0) is 12.1 Å². The number of rotatable bonds is 5. The van der Waals surface area contributed by atoms with Gasteiger partial charge in [-0.15, -0.1) is 5.10 Å². The van der Waals surface area contributed by atoms with Crippen molar-refractivity contribution in [2.45, 2.75) is 6.54 Å². The number of carbonyl (C=O) groups is 1. The normalized spacial score (nSPS) is 10.3. The number of nitro groups is 1. The second-order valence-corrected chi connectivity index (χ2v) is 4.07. The van der Waals surface area contributed by atoms with Crippen LogP contribution in [0.15, 0.2) is 24.4 Å². The van der Waals surface area contributed by atoms with Crippen LogP contribution in [-0.4, -0.2) is 37.5 Å². The van der Waals surface area contributed by atoms with Crippen LogP contribution in [0.4, 0.5) is 11.4 Å². The average Bonchev–Trinajstić information content (AvgIpc) is 2.89. The Hall–Kier alpha value is -3.01. The molecule has 10 heteroatoms. The highest BCUT2D eigenvalue weighted by Gasteiger charge is 2.19. The van der Waals surface area contributed by atoms with E-state index >= 15 is 0 Å². The van der Waals surface area contributed by atoms with E-state index in [4.69, 9.17) is 5.73 Å². The fourth-order valence-corrected chi connectivity index (χ4v) is 1.61. The number of phenols is 1. The van der Waals surface area contributed by atoms with Crippen LogP contribution in [0.2, 0.25) is 0 Å². The molecule has 4 N–H and O–H groups in total. The van der Waals surface area contributed by atoms with E-state index in [-0.39, 0.29) is 17.1 Å². The van der Waals surface area contributed by atoms with Crippen molar-refractivity contribution in [3.05, 3.63) is 40.2 Å². The first kappa shape index (κ1) is 14.4. The van der Waals surface area contributed by atoms with Crippen molar-refractivity contribution in [2.75, 3.05) is 11.9 Å². The van der Waals surface area contributed by atoms with Crippen LogP contribution in [0.5, 0.6) is 5.75 Å². The van der Waals surface area contributed by atoms with Gasteiger partial charge >= 0.3 is 0 Å². The molecule has 1 heterocycles. The summed E-state index contributed by atoms with van der Waals surface area (Å²) in [7, 11) is 0. The number of hydrogen-bond donors (Lipinski definition) is 3. The Labute approximate surface area is 118 Å². The Balaban J connectivity index is 2.20. The summed E-state index contributed by atoms with van der Waals surface area (Å²) in [6, 6.07) is 3.41. The standard InChI is InChI=1S/C11H12N6O4/c12-3-4-16-6-9(14-15-16)11(19)13-8-2-1-7(18)5-10(8)17(20)21/h1-2,5-6,18H,3-4,12H2,(H,13,19). The minimum absolute atomic E-state index is 0.00539. The van der Waals surface area contributed by atoms with E-state index < -0.39 is 16.5 Å². The number of anilines is 1. The summed E-state index contributed by atoms with van der Waals surface area (Å²) in [5.41, 5.74) is 4.89. The highest BCUT2D eigenvalue weighted by molar-refractivity contribution is 6.03. The first-order chi connectivity index (χ1) is 10.0. The zero-order valence-corrected chi connectivity index (χ0v) is 10.8. The van der Waals surface area contributed by atoms with E-state index in [0.717, 1.165) is 6.07 Å². The Morgan fingerprint density at radius 2 is 2.29 bits per heavy atom. The second-order valence-electron chi connectivity index (χ2n) is 4.07. The Morgan fingerprint density at radius 3 is 2.95 bits per heavy atom. The van der Waals surface area contributed by atoms with Gasteiger partial charge in [0.05, 0.1) is 23.7 Å². The van der Waals surface area contributed by atoms with Gasteiger partial charge in [-0.2, -0.15) is 0 Å². The van der Waals surface area contributed by atoms with Crippen molar-refractivity contribution in [3.8, 4) is 5.75 Å². The molecule has 2 rings (SSSR count). The first-order valence-corrected chi connectivity index (χ1v) is 5.90. The van der Waals surface area contributed by atoms with E-state index in [1.165, 1.54) is 23.0 Å². The van der Waals surface area contributed by atoms with Crippen molar-refractivity contribution in [1.29, 1.82) is 0 Å². The molecular formula is C11H12N6O4. The molecule has 1 amide bonds. The number of amides is 1. The molecule has 0 fully saturated rings. The number of carbonyl (C=O) groups excluding carboxylic acids is 1. The lowest BCUT2D eigenvalue weighted by molar-refractivity contribution is -0.384. The second kappa shape index (κ2) is 5.96. The molecule has 21 heavy (non-hydrogen) atoms. The van der Waals surface area contributed by atoms with Gasteiger partial charge in [0.15, 0.2) is 5.69 Å². The van der Waals surface area contributed by atoms with Gasteiger partial charge in [0.25, 0.3) is 11.6 Å². The van der Waals surface area contributed by atoms with E-state index in [0.29, 0.717) is 13.1 Å². The van der Waals surface area contributed by atoms with Gasteiger partial charge in [-0.1, -0.05) is 5.21 Å². The summed E-state index contributed by atoms with van der Waals surface area (Å²) in [4.78, 5) is 22.1. The molecule has 0 aliphatic rings. The van der Waals surface area contributed by atoms with Gasteiger partial charge in [-0.25, -0.2) is 0 Å². The van der Waals surface area contributed by atoms with Gasteiger partial charge < -0.3 is 16.2 Å². The van der Waals surface area contributed by atoms with Crippen molar-refractivity contribution < 1.29 is 14.8 Å². The summed E-state index contributed by atoms with van der Waals surface area (Å²) in [5, 5.41) is 29.8. The smallest absolute Gasteiger partial charge is 0.296 e. The fourth-order valence-electron chi connectivity index (χ4n) is 1.61. The quantitative estimate of drug-likeness (QED) is 0.402. The van der Waals surface area contributed by atoms with Gasteiger partial charge in [0, 0.05) is 6.54 Å². The SMILES string of the molecule is NCCn1cc(C(=O)Nc2ccc(O)cc2[N+](=O)[O-])nn1. The molecule has 0 aliphatic heterocycles. The third-order valence-electron chi connectivity index (χ3n) is 2.56. The largest absolute Gasteiger partial charge is 0.508 e. The van der Waals surface area contributed by atoms with Crippen molar-refractivity contribution in [1.82, 2.24) is 15.0 Å². The molecule has 0 unspecified atom stereocenters. The average molecular weight is 292 g/mol. The number of nitrogens with zero attached hydrogens (tertiary/aromatic N) is 4. The van der Waals surface area contributed by atoms with E-state index in [1.54, 1.807) is 0 Å². The molecule has 0 spiro atoms. The van der Waals surface area contributed by atoms with Crippen LogP contribution in [0.25, 0.3) is 0 Å². The van der Waals surface area contributed by atoms with Crippen LogP contribution in [0.1, 0.15) is 10.5 Å². The minimum Gasteiger partial charge on any atom is -0.508 e. The molecule has 0 saturated carbocycles. The maximum Gasteiger partial charge on any atom is 0.296 e. The summed E-state index contributed by atoms with van der Waals surface area (Å²) in [6.07, 6.45) is 1.38.